The molecule has 3 aromatic rings. The van der Waals surface area contributed by atoms with Gasteiger partial charge in [0.05, 0.1) is 10.4 Å². The Bertz CT molecular complexity index is 777. The monoisotopic (exact) mass is 369 g/mol. The summed E-state index contributed by atoms with van der Waals surface area (Å²) >= 11 is 11.1. The summed E-state index contributed by atoms with van der Waals surface area (Å²) in [6.07, 6.45) is 0. The maximum Gasteiger partial charge on any atom is 0.232 e. The number of hydrogen-bond acceptors (Lipinski definition) is 5. The third kappa shape index (κ3) is 2.59. The molecule has 7 heteroatoms. The number of halogens is 2. The van der Waals surface area contributed by atoms with Crippen molar-refractivity contribution in [3.63, 3.8) is 0 Å². The van der Waals surface area contributed by atoms with E-state index >= 15 is 0 Å². The lowest BCUT2D eigenvalue weighted by Crippen LogP contribution is -1.98. The maximum absolute atomic E-state index is 6.17. The highest BCUT2D eigenvalue weighted by Crippen LogP contribution is 2.35. The van der Waals surface area contributed by atoms with Crippen molar-refractivity contribution < 1.29 is 4.74 Å². The van der Waals surface area contributed by atoms with Gasteiger partial charge in [-0.05, 0) is 29.6 Å². The second kappa shape index (κ2) is 5.55. The number of aromatic nitrogens is 2. The molecule has 2 heterocycles. The van der Waals surface area contributed by atoms with Crippen LogP contribution in [0, 0.1) is 0 Å². The topological polar surface area (TPSA) is 47.0 Å². The fourth-order valence-electron chi connectivity index (χ4n) is 1.68. The predicted octanol–water partition coefficient (Wildman–Crippen LogP) is 4.94. The number of fused-ring (bicyclic) bond motifs is 1. The first-order valence-corrected chi connectivity index (χ1v) is 7.78. The van der Waals surface area contributed by atoms with Gasteiger partial charge in [-0.25, -0.2) is 4.98 Å². The molecule has 1 aromatic carbocycles. The molecule has 0 aliphatic rings. The van der Waals surface area contributed by atoms with Gasteiger partial charge in [-0.2, -0.15) is 4.98 Å². The number of thiophene rings is 1. The molecular weight excluding hydrogens is 362 g/mol. The van der Waals surface area contributed by atoms with E-state index in [1.807, 2.05) is 17.5 Å². The summed E-state index contributed by atoms with van der Waals surface area (Å²) in [5.74, 6) is 1.57. The largest absolute Gasteiger partial charge is 0.437 e. The third-order valence-electron chi connectivity index (χ3n) is 2.61. The molecule has 0 saturated heterocycles. The summed E-state index contributed by atoms with van der Waals surface area (Å²) < 4.78 is 6.74. The SMILES string of the molecule is CNc1nc(Oc2ccc(Br)cc2Cl)c2ccsc2n1. The minimum Gasteiger partial charge on any atom is -0.437 e. The molecule has 20 heavy (non-hydrogen) atoms. The van der Waals surface area contributed by atoms with Gasteiger partial charge in [-0.3, -0.25) is 0 Å². The minimum atomic E-state index is 0.491. The second-order valence-corrected chi connectivity index (χ2v) is 6.14. The molecule has 3 rings (SSSR count). The molecule has 102 valence electrons. The van der Waals surface area contributed by atoms with Gasteiger partial charge in [-0.15, -0.1) is 11.3 Å². The predicted molar refractivity (Wildman–Crippen MR) is 86.2 cm³/mol. The molecule has 2 aromatic heterocycles. The lowest BCUT2D eigenvalue weighted by atomic mass is 10.3. The van der Waals surface area contributed by atoms with Gasteiger partial charge in [0.15, 0.2) is 0 Å². The zero-order valence-corrected chi connectivity index (χ0v) is 13.5. The van der Waals surface area contributed by atoms with E-state index in [1.54, 1.807) is 19.2 Å². The van der Waals surface area contributed by atoms with Crippen molar-refractivity contribution in [3.05, 3.63) is 39.1 Å². The Morgan fingerprint density at radius 2 is 2.15 bits per heavy atom. The molecular formula is C13H9BrClN3OS. The summed E-state index contributed by atoms with van der Waals surface area (Å²) in [5.41, 5.74) is 0. The van der Waals surface area contributed by atoms with Gasteiger partial charge in [0.1, 0.15) is 10.6 Å². The Morgan fingerprint density at radius 3 is 2.90 bits per heavy atom. The van der Waals surface area contributed by atoms with Crippen LogP contribution in [0.2, 0.25) is 5.02 Å². The van der Waals surface area contributed by atoms with Crippen molar-refractivity contribution in [3.8, 4) is 11.6 Å². The lowest BCUT2D eigenvalue weighted by molar-refractivity contribution is 0.469. The Kier molecular flexibility index (Phi) is 3.78. The van der Waals surface area contributed by atoms with Gasteiger partial charge < -0.3 is 10.1 Å². The third-order valence-corrected chi connectivity index (χ3v) is 4.21. The number of hydrogen-bond donors (Lipinski definition) is 1. The molecule has 0 aliphatic heterocycles. The van der Waals surface area contributed by atoms with Crippen LogP contribution in [0.15, 0.2) is 34.1 Å². The van der Waals surface area contributed by atoms with Crippen LogP contribution in [0.5, 0.6) is 11.6 Å². The molecule has 0 fully saturated rings. The van der Waals surface area contributed by atoms with Crippen molar-refractivity contribution in [2.75, 3.05) is 12.4 Å². The minimum absolute atomic E-state index is 0.491. The van der Waals surface area contributed by atoms with Crippen LogP contribution >= 0.6 is 38.9 Å². The summed E-state index contributed by atoms with van der Waals surface area (Å²) in [6, 6.07) is 7.38. The second-order valence-electron chi connectivity index (χ2n) is 3.92. The molecule has 0 unspecified atom stereocenters. The van der Waals surface area contributed by atoms with Crippen molar-refractivity contribution in [1.82, 2.24) is 9.97 Å². The first kappa shape index (κ1) is 13.6. The highest BCUT2D eigenvalue weighted by Gasteiger charge is 2.12. The van der Waals surface area contributed by atoms with Crippen molar-refractivity contribution in [1.29, 1.82) is 0 Å². The molecule has 0 amide bonds. The number of nitrogens with zero attached hydrogens (tertiary/aromatic N) is 2. The Balaban J connectivity index is 2.07. The van der Waals surface area contributed by atoms with Crippen LogP contribution in [0.25, 0.3) is 10.2 Å². The number of anilines is 1. The van der Waals surface area contributed by atoms with Gasteiger partial charge in [0, 0.05) is 11.5 Å². The maximum atomic E-state index is 6.17. The van der Waals surface area contributed by atoms with Crippen LogP contribution in [0.1, 0.15) is 0 Å². The molecule has 0 saturated carbocycles. The van der Waals surface area contributed by atoms with Crippen LogP contribution in [-0.2, 0) is 0 Å². The summed E-state index contributed by atoms with van der Waals surface area (Å²) in [6.45, 7) is 0. The van der Waals surface area contributed by atoms with E-state index in [4.69, 9.17) is 16.3 Å². The van der Waals surface area contributed by atoms with Crippen molar-refractivity contribution in [2.24, 2.45) is 0 Å². The van der Waals surface area contributed by atoms with E-state index in [-0.39, 0.29) is 0 Å². The Hall–Kier alpha value is -1.37. The fraction of sp³-hybridized carbons (Fsp3) is 0.0769. The molecule has 1 N–H and O–H groups in total. The molecule has 4 nitrogen and oxygen atoms in total. The highest BCUT2D eigenvalue weighted by atomic mass is 79.9. The van der Waals surface area contributed by atoms with Gasteiger partial charge in [0.2, 0.25) is 11.8 Å². The van der Waals surface area contributed by atoms with Crippen molar-refractivity contribution in [2.45, 2.75) is 0 Å². The fourth-order valence-corrected chi connectivity index (χ4v) is 3.15. The van der Waals surface area contributed by atoms with E-state index in [0.29, 0.717) is 22.6 Å². The summed E-state index contributed by atoms with van der Waals surface area (Å²) in [5, 5.41) is 6.27. The van der Waals surface area contributed by atoms with E-state index < -0.39 is 0 Å². The average molecular weight is 371 g/mol. The van der Waals surface area contributed by atoms with Gasteiger partial charge >= 0.3 is 0 Å². The van der Waals surface area contributed by atoms with Crippen LogP contribution in [-0.4, -0.2) is 17.0 Å². The molecule has 0 bridgehead atoms. The number of benzene rings is 1. The highest BCUT2D eigenvalue weighted by molar-refractivity contribution is 9.10. The first-order chi connectivity index (χ1) is 9.67. The summed E-state index contributed by atoms with van der Waals surface area (Å²) in [4.78, 5) is 9.58. The Morgan fingerprint density at radius 1 is 1.30 bits per heavy atom. The van der Waals surface area contributed by atoms with Crippen LogP contribution < -0.4 is 10.1 Å². The average Bonchev–Trinajstić information content (AvgIpc) is 2.90. The van der Waals surface area contributed by atoms with E-state index in [9.17, 15) is 0 Å². The number of rotatable bonds is 3. The molecule has 0 atom stereocenters. The van der Waals surface area contributed by atoms with Gasteiger partial charge in [-0.1, -0.05) is 27.5 Å². The quantitative estimate of drug-likeness (QED) is 0.709. The van der Waals surface area contributed by atoms with Crippen molar-refractivity contribution >= 4 is 55.0 Å². The van der Waals surface area contributed by atoms with Crippen LogP contribution in [0.4, 0.5) is 5.95 Å². The van der Waals surface area contributed by atoms with E-state index in [1.165, 1.54) is 11.3 Å². The van der Waals surface area contributed by atoms with Gasteiger partial charge in [0.25, 0.3) is 0 Å². The molecule has 0 aliphatic carbocycles. The van der Waals surface area contributed by atoms with E-state index in [0.717, 1.165) is 14.7 Å². The first-order valence-electron chi connectivity index (χ1n) is 5.73. The smallest absolute Gasteiger partial charge is 0.232 e. The van der Waals surface area contributed by atoms with Crippen LogP contribution in [0.3, 0.4) is 0 Å². The Labute approximate surface area is 132 Å². The zero-order chi connectivity index (χ0) is 14.1. The normalized spacial score (nSPS) is 10.8. The standard InChI is InChI=1S/C13H9BrClN3OS/c1-16-13-17-11(8-4-5-20-12(8)18-13)19-10-3-2-7(14)6-9(10)15/h2-6H,1H3,(H,16,17,18). The summed E-state index contributed by atoms with van der Waals surface area (Å²) in [7, 11) is 1.77. The number of nitrogens with one attached hydrogen (secondary N) is 1. The zero-order valence-electron chi connectivity index (χ0n) is 10.4. The molecule has 0 radical (unpaired) electrons. The lowest BCUT2D eigenvalue weighted by Gasteiger charge is -2.09. The van der Waals surface area contributed by atoms with E-state index in [2.05, 4.69) is 31.2 Å². The number of ether oxygens (including phenoxy) is 1. The molecule has 0 spiro atoms.